The molecule has 0 saturated carbocycles. The zero-order chi connectivity index (χ0) is 22.2. The Hall–Kier alpha value is -3.05. The molecule has 11 heteroatoms. The molecule has 0 spiro atoms. The SMILES string of the molecule is O.O=C1CCC(O)N1c1cc2c(Nc3ccc(F)c(Cl)c3)ncnc2cc1O[C@H]1CCOC1. The van der Waals surface area contributed by atoms with E-state index in [9.17, 15) is 14.3 Å². The summed E-state index contributed by atoms with van der Waals surface area (Å²) in [5.41, 5.74) is 1.56. The van der Waals surface area contributed by atoms with E-state index in [1.54, 1.807) is 18.2 Å². The molecule has 2 saturated heterocycles. The molecule has 0 bridgehead atoms. The summed E-state index contributed by atoms with van der Waals surface area (Å²) in [4.78, 5) is 22.5. The number of aliphatic hydroxyl groups is 1. The molecule has 2 aromatic carbocycles. The molecule has 0 aliphatic carbocycles. The molecule has 3 aromatic rings. The quantitative estimate of drug-likeness (QED) is 0.579. The number of amides is 1. The van der Waals surface area contributed by atoms with Crippen LogP contribution >= 0.6 is 11.6 Å². The van der Waals surface area contributed by atoms with Crippen LogP contribution in [-0.4, -0.2) is 52.0 Å². The second kappa shape index (κ2) is 9.44. The van der Waals surface area contributed by atoms with E-state index < -0.39 is 12.0 Å². The third-order valence-corrected chi connectivity index (χ3v) is 5.81. The van der Waals surface area contributed by atoms with Gasteiger partial charge in [-0.25, -0.2) is 14.4 Å². The topological polar surface area (TPSA) is 128 Å². The van der Waals surface area contributed by atoms with E-state index in [1.165, 1.54) is 23.4 Å². The lowest BCUT2D eigenvalue weighted by atomic mass is 10.1. The molecule has 3 heterocycles. The molecule has 174 valence electrons. The Kier molecular flexibility index (Phi) is 6.61. The number of carbonyl (C=O) groups excluding carboxylic acids is 1. The molecule has 9 nitrogen and oxygen atoms in total. The van der Waals surface area contributed by atoms with Crippen molar-refractivity contribution in [1.82, 2.24) is 9.97 Å². The average Bonchev–Trinajstić information content (AvgIpc) is 3.40. The summed E-state index contributed by atoms with van der Waals surface area (Å²) in [5, 5.41) is 14.2. The third kappa shape index (κ3) is 4.55. The van der Waals surface area contributed by atoms with E-state index in [0.717, 1.165) is 6.42 Å². The van der Waals surface area contributed by atoms with Gasteiger partial charge >= 0.3 is 0 Å². The van der Waals surface area contributed by atoms with Crippen LogP contribution in [0.1, 0.15) is 19.3 Å². The van der Waals surface area contributed by atoms with Crippen LogP contribution in [0.2, 0.25) is 5.02 Å². The molecule has 2 atom stereocenters. The molecule has 33 heavy (non-hydrogen) atoms. The minimum atomic E-state index is -0.945. The van der Waals surface area contributed by atoms with Gasteiger partial charge in [0.2, 0.25) is 5.91 Å². The molecule has 1 aromatic heterocycles. The van der Waals surface area contributed by atoms with Gasteiger partial charge in [-0.05, 0) is 24.3 Å². The fraction of sp³-hybridized carbons (Fsp3) is 0.318. The van der Waals surface area contributed by atoms with Gasteiger partial charge in [0.1, 0.15) is 36.0 Å². The maximum absolute atomic E-state index is 13.5. The minimum absolute atomic E-state index is 0. The Morgan fingerprint density at radius 2 is 2.09 bits per heavy atom. The number of anilines is 3. The highest BCUT2D eigenvalue weighted by Gasteiger charge is 2.34. The molecule has 2 fully saturated rings. The summed E-state index contributed by atoms with van der Waals surface area (Å²) in [5.74, 6) is 0.167. The highest BCUT2D eigenvalue weighted by atomic mass is 35.5. The first-order valence-corrected chi connectivity index (χ1v) is 10.6. The lowest BCUT2D eigenvalue weighted by Gasteiger charge is -2.25. The largest absolute Gasteiger partial charge is 0.486 e. The first-order chi connectivity index (χ1) is 15.5. The molecule has 1 unspecified atom stereocenters. The molecule has 5 rings (SSSR count). The number of rotatable bonds is 5. The predicted molar refractivity (Wildman–Crippen MR) is 120 cm³/mol. The van der Waals surface area contributed by atoms with Crippen molar-refractivity contribution in [1.29, 1.82) is 0 Å². The average molecular weight is 477 g/mol. The maximum atomic E-state index is 13.5. The van der Waals surface area contributed by atoms with Crippen LogP contribution < -0.4 is 15.0 Å². The number of hydrogen-bond donors (Lipinski definition) is 2. The molecule has 0 radical (unpaired) electrons. The van der Waals surface area contributed by atoms with Gasteiger partial charge < -0.3 is 25.4 Å². The van der Waals surface area contributed by atoms with Crippen molar-refractivity contribution in [2.24, 2.45) is 0 Å². The lowest BCUT2D eigenvalue weighted by molar-refractivity contribution is -0.117. The Labute approximate surface area is 193 Å². The van der Waals surface area contributed by atoms with Gasteiger partial charge in [0.15, 0.2) is 0 Å². The van der Waals surface area contributed by atoms with Gasteiger partial charge in [0.25, 0.3) is 0 Å². The van der Waals surface area contributed by atoms with Crippen LogP contribution in [0.5, 0.6) is 5.75 Å². The summed E-state index contributed by atoms with van der Waals surface area (Å²) in [7, 11) is 0. The number of aliphatic hydroxyl groups excluding tert-OH is 1. The molecular weight excluding hydrogens is 455 g/mol. The van der Waals surface area contributed by atoms with Crippen molar-refractivity contribution in [3.63, 3.8) is 0 Å². The van der Waals surface area contributed by atoms with Gasteiger partial charge in [-0.15, -0.1) is 0 Å². The van der Waals surface area contributed by atoms with Gasteiger partial charge in [-0.1, -0.05) is 11.6 Å². The number of benzene rings is 2. The number of ether oxygens (including phenoxy) is 2. The van der Waals surface area contributed by atoms with Crippen LogP contribution in [0.3, 0.4) is 0 Å². The Morgan fingerprint density at radius 1 is 1.24 bits per heavy atom. The Bertz CT molecular complexity index is 1190. The van der Waals surface area contributed by atoms with E-state index in [2.05, 4.69) is 15.3 Å². The van der Waals surface area contributed by atoms with Crippen molar-refractivity contribution in [3.05, 3.63) is 47.5 Å². The van der Waals surface area contributed by atoms with Crippen LogP contribution in [0, 0.1) is 5.82 Å². The number of aromatic nitrogens is 2. The van der Waals surface area contributed by atoms with E-state index in [1.807, 2.05) is 0 Å². The van der Waals surface area contributed by atoms with Crippen LogP contribution in [0.4, 0.5) is 21.6 Å². The summed E-state index contributed by atoms with van der Waals surface area (Å²) >= 11 is 5.90. The zero-order valence-corrected chi connectivity index (χ0v) is 18.2. The van der Waals surface area contributed by atoms with E-state index in [-0.39, 0.29) is 28.9 Å². The van der Waals surface area contributed by atoms with Gasteiger partial charge in [0.05, 0.1) is 29.4 Å². The molecule has 2 aliphatic heterocycles. The molecule has 2 aliphatic rings. The third-order valence-electron chi connectivity index (χ3n) is 5.52. The zero-order valence-electron chi connectivity index (χ0n) is 17.4. The van der Waals surface area contributed by atoms with Crippen molar-refractivity contribution in [2.45, 2.75) is 31.6 Å². The normalized spacial score (nSPS) is 20.2. The van der Waals surface area contributed by atoms with Crippen molar-refractivity contribution in [3.8, 4) is 5.75 Å². The van der Waals surface area contributed by atoms with Gasteiger partial charge in [0, 0.05) is 36.4 Å². The van der Waals surface area contributed by atoms with Crippen LogP contribution in [0.15, 0.2) is 36.7 Å². The molecule has 4 N–H and O–H groups in total. The first kappa shape index (κ1) is 23.1. The summed E-state index contributed by atoms with van der Waals surface area (Å²) < 4.78 is 25.1. The summed E-state index contributed by atoms with van der Waals surface area (Å²) in [6.45, 7) is 1.06. The lowest BCUT2D eigenvalue weighted by Crippen LogP contribution is -2.33. The van der Waals surface area contributed by atoms with Crippen molar-refractivity contribution < 1.29 is 29.2 Å². The summed E-state index contributed by atoms with van der Waals surface area (Å²) in [6.07, 6.45) is 1.62. The van der Waals surface area contributed by atoms with Crippen LogP contribution in [-0.2, 0) is 9.53 Å². The van der Waals surface area contributed by atoms with E-state index in [4.69, 9.17) is 21.1 Å². The summed E-state index contributed by atoms with van der Waals surface area (Å²) in [6, 6.07) is 7.71. The van der Waals surface area contributed by atoms with E-state index >= 15 is 0 Å². The minimum Gasteiger partial charge on any atom is -0.486 e. The maximum Gasteiger partial charge on any atom is 0.229 e. The Balaban J connectivity index is 0.00000259. The highest BCUT2D eigenvalue weighted by molar-refractivity contribution is 6.31. The molecular formula is C22H22ClFN4O5. The Morgan fingerprint density at radius 3 is 2.79 bits per heavy atom. The van der Waals surface area contributed by atoms with E-state index in [0.29, 0.717) is 53.5 Å². The van der Waals surface area contributed by atoms with Crippen molar-refractivity contribution in [2.75, 3.05) is 23.4 Å². The number of fused-ring (bicyclic) bond motifs is 1. The second-order valence-corrected chi connectivity index (χ2v) is 8.11. The fourth-order valence-electron chi connectivity index (χ4n) is 3.91. The molecule has 1 amide bonds. The number of halogens is 2. The monoisotopic (exact) mass is 476 g/mol. The second-order valence-electron chi connectivity index (χ2n) is 7.70. The number of nitrogens with one attached hydrogen (secondary N) is 1. The predicted octanol–water partition coefficient (Wildman–Crippen LogP) is 2.95. The smallest absolute Gasteiger partial charge is 0.229 e. The number of carbonyl (C=O) groups is 1. The fourth-order valence-corrected chi connectivity index (χ4v) is 4.09. The van der Waals surface area contributed by atoms with Gasteiger partial charge in [-0.2, -0.15) is 0 Å². The number of nitrogens with zero attached hydrogens (tertiary/aromatic N) is 3. The number of hydrogen-bond acceptors (Lipinski definition) is 7. The van der Waals surface area contributed by atoms with Crippen LogP contribution in [0.25, 0.3) is 10.9 Å². The van der Waals surface area contributed by atoms with Crippen molar-refractivity contribution >= 4 is 45.6 Å². The first-order valence-electron chi connectivity index (χ1n) is 10.2. The standard InChI is InChI=1S/C22H20ClFN4O4.H2O/c23-15-7-12(1-2-16(15)24)27-22-14-8-18(28-20(29)3-4-21(28)30)19(9-17(14)25-11-26-22)32-13-5-6-31-10-13;/h1-2,7-9,11,13,20,29H,3-6,10H2,(H,25,26,27);1H2/t13-,20?;/m0./s1. The van der Waals surface area contributed by atoms with Gasteiger partial charge in [-0.3, -0.25) is 9.69 Å². The highest BCUT2D eigenvalue weighted by Crippen LogP contribution is 2.39.